The van der Waals surface area contributed by atoms with Gasteiger partial charge in [-0.15, -0.1) is 0 Å². The zero-order valence-corrected chi connectivity index (χ0v) is 12.3. The Hall–Kier alpha value is -1.75. The van der Waals surface area contributed by atoms with E-state index < -0.39 is 0 Å². The van der Waals surface area contributed by atoms with E-state index in [-0.39, 0.29) is 0 Å². The van der Waals surface area contributed by atoms with E-state index in [2.05, 4.69) is 27.3 Å². The van der Waals surface area contributed by atoms with Gasteiger partial charge >= 0.3 is 0 Å². The minimum absolute atomic E-state index is 0.501. The predicted molar refractivity (Wildman–Crippen MR) is 78.6 cm³/mol. The minimum Gasteiger partial charge on any atom is -0.316 e. The Morgan fingerprint density at radius 3 is 2.65 bits per heavy atom. The molecule has 1 atom stereocenters. The van der Waals surface area contributed by atoms with Crippen LogP contribution in [0.5, 0.6) is 0 Å². The summed E-state index contributed by atoms with van der Waals surface area (Å²) in [6.45, 7) is 6.22. The fourth-order valence-corrected chi connectivity index (χ4v) is 2.93. The normalized spacial score (nSPS) is 19.2. The quantitative estimate of drug-likeness (QED) is 0.907. The molecule has 2 aromatic heterocycles. The Kier molecular flexibility index (Phi) is 3.53. The van der Waals surface area contributed by atoms with Crippen molar-refractivity contribution in [3.8, 4) is 11.3 Å². The summed E-state index contributed by atoms with van der Waals surface area (Å²) in [5, 5.41) is 7.86. The minimum atomic E-state index is 0.501. The van der Waals surface area contributed by atoms with Crippen molar-refractivity contribution in [2.45, 2.75) is 32.6 Å². The van der Waals surface area contributed by atoms with Crippen LogP contribution in [-0.2, 0) is 7.05 Å². The highest BCUT2D eigenvalue weighted by Crippen LogP contribution is 2.26. The lowest BCUT2D eigenvalue weighted by molar-refractivity contribution is 0.454. The van der Waals surface area contributed by atoms with Crippen LogP contribution in [0.3, 0.4) is 0 Å². The second-order valence-electron chi connectivity index (χ2n) is 5.54. The highest BCUT2D eigenvalue weighted by molar-refractivity contribution is 5.63. The van der Waals surface area contributed by atoms with Crippen molar-refractivity contribution >= 4 is 0 Å². The van der Waals surface area contributed by atoms with E-state index >= 15 is 0 Å². The molecule has 1 fully saturated rings. The molecule has 0 saturated carbocycles. The standard InChI is InChI=1S/C15H21N5/c1-10-15(11(2)20(3)19-10)14-9-17-13(8-18-14)12-5-4-6-16-7-12/h8-9,12,16H,4-7H2,1-3H3/t12-/m0/s1. The molecule has 0 aliphatic carbocycles. The Bertz CT molecular complexity index is 593. The number of piperidine rings is 1. The van der Waals surface area contributed by atoms with Gasteiger partial charge in [-0.1, -0.05) is 0 Å². The molecule has 0 radical (unpaired) electrons. The molecule has 2 aromatic rings. The number of aromatic nitrogens is 4. The maximum atomic E-state index is 4.63. The van der Waals surface area contributed by atoms with E-state index in [9.17, 15) is 0 Å². The van der Waals surface area contributed by atoms with Gasteiger partial charge in [0.25, 0.3) is 0 Å². The molecule has 1 aliphatic heterocycles. The van der Waals surface area contributed by atoms with Crippen molar-refractivity contribution in [3.05, 3.63) is 29.5 Å². The SMILES string of the molecule is Cc1nn(C)c(C)c1-c1cnc([C@H]2CCCNC2)cn1. The van der Waals surface area contributed by atoms with Crippen molar-refractivity contribution in [2.75, 3.05) is 13.1 Å². The van der Waals surface area contributed by atoms with E-state index in [4.69, 9.17) is 0 Å². The molecule has 0 amide bonds. The van der Waals surface area contributed by atoms with Crippen LogP contribution in [-0.4, -0.2) is 32.8 Å². The summed E-state index contributed by atoms with van der Waals surface area (Å²) in [4.78, 5) is 9.25. The van der Waals surface area contributed by atoms with Crippen LogP contribution >= 0.6 is 0 Å². The van der Waals surface area contributed by atoms with Crippen LogP contribution < -0.4 is 5.32 Å². The van der Waals surface area contributed by atoms with Gasteiger partial charge in [-0.05, 0) is 33.2 Å². The molecule has 5 nitrogen and oxygen atoms in total. The maximum Gasteiger partial charge on any atom is 0.0922 e. The smallest absolute Gasteiger partial charge is 0.0922 e. The van der Waals surface area contributed by atoms with E-state index in [1.165, 1.54) is 12.8 Å². The lowest BCUT2D eigenvalue weighted by Gasteiger charge is -2.21. The number of hydrogen-bond acceptors (Lipinski definition) is 4. The Morgan fingerprint density at radius 1 is 1.25 bits per heavy atom. The van der Waals surface area contributed by atoms with Crippen molar-refractivity contribution in [3.63, 3.8) is 0 Å². The highest BCUT2D eigenvalue weighted by atomic mass is 15.3. The average Bonchev–Trinajstić information content (AvgIpc) is 2.73. The number of aryl methyl sites for hydroxylation is 2. The summed E-state index contributed by atoms with van der Waals surface area (Å²) in [6.07, 6.45) is 6.24. The summed E-state index contributed by atoms with van der Waals surface area (Å²) in [7, 11) is 1.96. The molecule has 0 aromatic carbocycles. The summed E-state index contributed by atoms with van der Waals surface area (Å²) in [5.41, 5.74) is 5.25. The van der Waals surface area contributed by atoms with Gasteiger partial charge in [0.1, 0.15) is 0 Å². The molecule has 0 unspecified atom stereocenters. The fourth-order valence-electron chi connectivity index (χ4n) is 2.93. The number of nitrogens with one attached hydrogen (secondary N) is 1. The van der Waals surface area contributed by atoms with Crippen LogP contribution in [0.1, 0.15) is 35.8 Å². The van der Waals surface area contributed by atoms with Crippen molar-refractivity contribution in [1.29, 1.82) is 0 Å². The van der Waals surface area contributed by atoms with E-state index in [0.717, 1.165) is 41.4 Å². The number of nitrogens with zero attached hydrogens (tertiary/aromatic N) is 4. The highest BCUT2D eigenvalue weighted by Gasteiger charge is 2.18. The fraction of sp³-hybridized carbons (Fsp3) is 0.533. The van der Waals surface area contributed by atoms with Crippen LogP contribution in [0.25, 0.3) is 11.3 Å². The van der Waals surface area contributed by atoms with Gasteiger partial charge in [0.15, 0.2) is 0 Å². The third kappa shape index (κ3) is 2.33. The first kappa shape index (κ1) is 13.2. The van der Waals surface area contributed by atoms with Crippen LogP contribution in [0.15, 0.2) is 12.4 Å². The molecule has 3 heterocycles. The summed E-state index contributed by atoms with van der Waals surface area (Å²) in [6, 6.07) is 0. The zero-order chi connectivity index (χ0) is 14.1. The first-order chi connectivity index (χ1) is 9.66. The van der Waals surface area contributed by atoms with Gasteiger partial charge in [0, 0.05) is 37.0 Å². The molecule has 106 valence electrons. The first-order valence-electron chi connectivity index (χ1n) is 7.20. The lowest BCUT2D eigenvalue weighted by atomic mass is 9.96. The maximum absolute atomic E-state index is 4.63. The van der Waals surface area contributed by atoms with Gasteiger partial charge in [0.05, 0.1) is 23.3 Å². The molecule has 20 heavy (non-hydrogen) atoms. The molecule has 3 rings (SSSR count). The molecule has 1 saturated heterocycles. The van der Waals surface area contributed by atoms with E-state index in [0.29, 0.717) is 5.92 Å². The third-order valence-corrected chi connectivity index (χ3v) is 4.15. The van der Waals surface area contributed by atoms with Crippen LogP contribution in [0, 0.1) is 13.8 Å². The molecule has 0 spiro atoms. The predicted octanol–water partition coefficient (Wildman–Crippen LogP) is 1.96. The molecule has 1 N–H and O–H groups in total. The second-order valence-corrected chi connectivity index (χ2v) is 5.54. The van der Waals surface area contributed by atoms with Gasteiger partial charge < -0.3 is 5.32 Å². The lowest BCUT2D eigenvalue weighted by Crippen LogP contribution is -2.28. The van der Waals surface area contributed by atoms with Crippen molar-refractivity contribution in [1.82, 2.24) is 25.1 Å². The Morgan fingerprint density at radius 2 is 2.10 bits per heavy atom. The number of rotatable bonds is 2. The molecular formula is C15H21N5. The monoisotopic (exact) mass is 271 g/mol. The largest absolute Gasteiger partial charge is 0.316 e. The van der Waals surface area contributed by atoms with Crippen molar-refractivity contribution in [2.24, 2.45) is 7.05 Å². The summed E-state index contributed by atoms with van der Waals surface area (Å²) < 4.78 is 1.89. The van der Waals surface area contributed by atoms with Gasteiger partial charge in [-0.25, -0.2) is 0 Å². The molecule has 5 heteroatoms. The van der Waals surface area contributed by atoms with Gasteiger partial charge in [0.2, 0.25) is 0 Å². The molecular weight excluding hydrogens is 250 g/mol. The summed E-state index contributed by atoms with van der Waals surface area (Å²) >= 11 is 0. The van der Waals surface area contributed by atoms with E-state index in [1.807, 2.05) is 31.0 Å². The van der Waals surface area contributed by atoms with Gasteiger partial charge in [-0.3, -0.25) is 14.6 Å². The van der Waals surface area contributed by atoms with Crippen LogP contribution in [0.4, 0.5) is 0 Å². The average molecular weight is 271 g/mol. The van der Waals surface area contributed by atoms with E-state index in [1.54, 1.807) is 0 Å². The Labute approximate surface area is 119 Å². The molecule has 0 bridgehead atoms. The first-order valence-corrected chi connectivity index (χ1v) is 7.20. The third-order valence-electron chi connectivity index (χ3n) is 4.15. The Balaban J connectivity index is 1.89. The van der Waals surface area contributed by atoms with Crippen molar-refractivity contribution < 1.29 is 0 Å². The summed E-state index contributed by atoms with van der Waals surface area (Å²) in [5.74, 6) is 0.501. The topological polar surface area (TPSA) is 55.6 Å². The van der Waals surface area contributed by atoms with Gasteiger partial charge in [-0.2, -0.15) is 5.10 Å². The number of hydrogen-bond donors (Lipinski definition) is 1. The zero-order valence-electron chi connectivity index (χ0n) is 12.3. The molecule has 1 aliphatic rings. The van der Waals surface area contributed by atoms with Crippen LogP contribution in [0.2, 0.25) is 0 Å². The second kappa shape index (κ2) is 5.32.